The fraction of sp³-hybridized carbons (Fsp3) is 0.192. The Bertz CT molecular complexity index is 1230. The number of amides is 1. The van der Waals surface area contributed by atoms with Gasteiger partial charge in [0.15, 0.2) is 5.16 Å². The first-order valence-corrected chi connectivity index (χ1v) is 11.5. The summed E-state index contributed by atoms with van der Waals surface area (Å²) in [6.07, 6.45) is 0.664. The van der Waals surface area contributed by atoms with E-state index in [0.717, 1.165) is 33.9 Å². The zero-order valence-corrected chi connectivity index (χ0v) is 19.3. The van der Waals surface area contributed by atoms with E-state index in [2.05, 4.69) is 57.3 Å². The third kappa shape index (κ3) is 5.26. The van der Waals surface area contributed by atoms with Crippen LogP contribution in [0, 0.1) is 20.8 Å². The Morgan fingerprint density at radius 2 is 1.69 bits per heavy atom. The van der Waals surface area contributed by atoms with Crippen LogP contribution in [0.25, 0.3) is 5.69 Å². The van der Waals surface area contributed by atoms with E-state index < -0.39 is 0 Å². The average molecular weight is 443 g/mol. The summed E-state index contributed by atoms with van der Waals surface area (Å²) >= 11 is 1.39. The molecule has 0 saturated heterocycles. The van der Waals surface area contributed by atoms with Crippen molar-refractivity contribution in [2.24, 2.45) is 0 Å². The van der Waals surface area contributed by atoms with Crippen molar-refractivity contribution >= 4 is 23.4 Å². The molecule has 5 nitrogen and oxygen atoms in total. The number of hydrogen-bond acceptors (Lipinski definition) is 4. The predicted octanol–water partition coefficient (Wildman–Crippen LogP) is 5.51. The molecule has 0 unspecified atom stereocenters. The van der Waals surface area contributed by atoms with Crippen LogP contribution in [0.1, 0.15) is 28.1 Å². The van der Waals surface area contributed by atoms with Gasteiger partial charge < -0.3 is 5.32 Å². The molecule has 0 bridgehead atoms. The third-order valence-electron chi connectivity index (χ3n) is 5.15. The van der Waals surface area contributed by atoms with Crippen LogP contribution >= 0.6 is 11.8 Å². The molecule has 0 atom stereocenters. The topological polar surface area (TPSA) is 59.8 Å². The molecule has 32 heavy (non-hydrogen) atoms. The van der Waals surface area contributed by atoms with Gasteiger partial charge in [0.2, 0.25) is 5.91 Å². The van der Waals surface area contributed by atoms with E-state index in [0.29, 0.717) is 11.6 Å². The molecule has 4 rings (SSSR count). The van der Waals surface area contributed by atoms with Gasteiger partial charge >= 0.3 is 0 Å². The van der Waals surface area contributed by atoms with Crippen molar-refractivity contribution in [1.82, 2.24) is 14.8 Å². The molecule has 1 amide bonds. The molecule has 1 N–H and O–H groups in total. The molecular weight excluding hydrogens is 416 g/mol. The molecule has 6 heteroatoms. The number of carbonyl (C=O) groups is 1. The van der Waals surface area contributed by atoms with E-state index in [1.165, 1.54) is 17.3 Å². The lowest BCUT2D eigenvalue weighted by molar-refractivity contribution is -0.113. The summed E-state index contributed by atoms with van der Waals surface area (Å²) in [5.74, 6) is 1.03. The van der Waals surface area contributed by atoms with Crippen molar-refractivity contribution in [2.75, 3.05) is 11.1 Å². The van der Waals surface area contributed by atoms with Gasteiger partial charge in [-0.25, -0.2) is 0 Å². The van der Waals surface area contributed by atoms with Crippen LogP contribution in [0.4, 0.5) is 5.69 Å². The lowest BCUT2D eigenvalue weighted by atomic mass is 10.1. The van der Waals surface area contributed by atoms with Gasteiger partial charge in [-0.05, 0) is 55.7 Å². The SMILES string of the molecule is Cc1cccc(-n2c(Cc3ccccc3)nnc2SCC(=O)Nc2ccc(C)cc2C)c1. The highest BCUT2D eigenvalue weighted by Gasteiger charge is 2.17. The van der Waals surface area contributed by atoms with Gasteiger partial charge in [0.05, 0.1) is 5.75 Å². The van der Waals surface area contributed by atoms with Crippen molar-refractivity contribution < 1.29 is 4.79 Å². The van der Waals surface area contributed by atoms with Crippen LogP contribution in [0.5, 0.6) is 0 Å². The third-order valence-corrected chi connectivity index (χ3v) is 6.08. The van der Waals surface area contributed by atoms with Crippen LogP contribution < -0.4 is 5.32 Å². The van der Waals surface area contributed by atoms with Gasteiger partial charge in [0, 0.05) is 17.8 Å². The lowest BCUT2D eigenvalue weighted by Gasteiger charge is -2.12. The minimum atomic E-state index is -0.0645. The Morgan fingerprint density at radius 3 is 2.44 bits per heavy atom. The van der Waals surface area contributed by atoms with Gasteiger partial charge in [-0.1, -0.05) is 71.9 Å². The number of nitrogens with zero attached hydrogens (tertiary/aromatic N) is 3. The van der Waals surface area contributed by atoms with E-state index in [9.17, 15) is 4.79 Å². The van der Waals surface area contributed by atoms with Gasteiger partial charge in [-0.3, -0.25) is 9.36 Å². The second-order valence-electron chi connectivity index (χ2n) is 7.89. The smallest absolute Gasteiger partial charge is 0.234 e. The number of anilines is 1. The van der Waals surface area contributed by atoms with Crippen LogP contribution in [0.3, 0.4) is 0 Å². The maximum atomic E-state index is 12.6. The molecule has 4 aromatic rings. The molecule has 0 aliphatic heterocycles. The minimum absolute atomic E-state index is 0.0645. The van der Waals surface area contributed by atoms with E-state index in [4.69, 9.17) is 0 Å². The molecule has 162 valence electrons. The number of rotatable bonds is 7. The van der Waals surface area contributed by atoms with E-state index in [1.54, 1.807) is 0 Å². The summed E-state index contributed by atoms with van der Waals surface area (Å²) in [5, 5.41) is 12.6. The van der Waals surface area contributed by atoms with Crippen molar-refractivity contribution in [3.63, 3.8) is 0 Å². The van der Waals surface area contributed by atoms with Crippen LogP contribution in [-0.2, 0) is 11.2 Å². The fourth-order valence-electron chi connectivity index (χ4n) is 3.58. The summed E-state index contributed by atoms with van der Waals surface area (Å²) in [6, 6.07) is 24.5. The van der Waals surface area contributed by atoms with Crippen LogP contribution in [0.15, 0.2) is 78.0 Å². The Kier molecular flexibility index (Phi) is 6.71. The summed E-state index contributed by atoms with van der Waals surface area (Å²) in [5.41, 5.74) is 6.39. The van der Waals surface area contributed by atoms with Crippen molar-refractivity contribution in [3.05, 3.63) is 101 Å². The molecule has 0 fully saturated rings. The lowest BCUT2D eigenvalue weighted by Crippen LogP contribution is -2.15. The summed E-state index contributed by atoms with van der Waals surface area (Å²) in [7, 11) is 0. The number of thioether (sulfide) groups is 1. The van der Waals surface area contributed by atoms with Crippen LogP contribution in [-0.4, -0.2) is 26.4 Å². The number of benzene rings is 3. The largest absolute Gasteiger partial charge is 0.325 e. The molecule has 0 aliphatic carbocycles. The number of aryl methyl sites for hydroxylation is 3. The Morgan fingerprint density at radius 1 is 0.906 bits per heavy atom. The molecule has 3 aromatic carbocycles. The first-order chi connectivity index (χ1) is 15.5. The predicted molar refractivity (Wildman–Crippen MR) is 131 cm³/mol. The second kappa shape index (κ2) is 9.83. The maximum Gasteiger partial charge on any atom is 0.234 e. The molecule has 0 saturated carbocycles. The molecule has 0 aliphatic rings. The number of hydrogen-bond donors (Lipinski definition) is 1. The number of carbonyl (C=O) groups excluding carboxylic acids is 1. The van der Waals surface area contributed by atoms with E-state index >= 15 is 0 Å². The molecule has 1 heterocycles. The number of aromatic nitrogens is 3. The highest BCUT2D eigenvalue weighted by Crippen LogP contribution is 2.25. The van der Waals surface area contributed by atoms with Crippen molar-refractivity contribution in [2.45, 2.75) is 32.3 Å². The Balaban J connectivity index is 1.55. The second-order valence-corrected chi connectivity index (χ2v) is 8.83. The van der Waals surface area contributed by atoms with Gasteiger partial charge in [0.1, 0.15) is 5.82 Å². The van der Waals surface area contributed by atoms with Gasteiger partial charge in [0.25, 0.3) is 0 Å². The first-order valence-electron chi connectivity index (χ1n) is 10.5. The molecular formula is C26H26N4OS. The number of nitrogens with one attached hydrogen (secondary N) is 1. The van der Waals surface area contributed by atoms with Gasteiger partial charge in [-0.15, -0.1) is 10.2 Å². The summed E-state index contributed by atoms with van der Waals surface area (Å²) in [4.78, 5) is 12.6. The van der Waals surface area contributed by atoms with Gasteiger partial charge in [-0.2, -0.15) is 0 Å². The minimum Gasteiger partial charge on any atom is -0.325 e. The fourth-order valence-corrected chi connectivity index (χ4v) is 4.35. The molecule has 0 radical (unpaired) electrons. The van der Waals surface area contributed by atoms with E-state index in [1.807, 2.05) is 56.3 Å². The Labute approximate surface area is 192 Å². The first kappa shape index (κ1) is 21.8. The highest BCUT2D eigenvalue weighted by molar-refractivity contribution is 7.99. The molecule has 1 aromatic heterocycles. The van der Waals surface area contributed by atoms with Crippen LogP contribution in [0.2, 0.25) is 0 Å². The zero-order valence-electron chi connectivity index (χ0n) is 18.5. The average Bonchev–Trinajstić information content (AvgIpc) is 3.17. The maximum absolute atomic E-state index is 12.6. The highest BCUT2D eigenvalue weighted by atomic mass is 32.2. The standard InChI is InChI=1S/C26H26N4OS/c1-18-8-7-11-22(15-18)30-24(16-21-9-5-4-6-10-21)28-29-26(30)32-17-25(31)27-23-13-12-19(2)14-20(23)3/h4-15H,16-17H2,1-3H3,(H,27,31). The quantitative estimate of drug-likeness (QED) is 0.383. The molecule has 0 spiro atoms. The van der Waals surface area contributed by atoms with E-state index in [-0.39, 0.29) is 11.7 Å². The Hall–Kier alpha value is -3.38. The summed E-state index contributed by atoms with van der Waals surface area (Å²) < 4.78 is 2.05. The van der Waals surface area contributed by atoms with Crippen molar-refractivity contribution in [1.29, 1.82) is 0 Å². The zero-order chi connectivity index (χ0) is 22.5. The summed E-state index contributed by atoms with van der Waals surface area (Å²) in [6.45, 7) is 6.11. The van der Waals surface area contributed by atoms with Crippen molar-refractivity contribution in [3.8, 4) is 5.69 Å². The normalized spacial score (nSPS) is 10.8. The monoisotopic (exact) mass is 442 g/mol.